The van der Waals surface area contributed by atoms with Crippen molar-refractivity contribution in [2.75, 3.05) is 13.7 Å². The Morgan fingerprint density at radius 1 is 1.14 bits per heavy atom. The highest BCUT2D eigenvalue weighted by atomic mass is 35.5. The molecule has 1 aliphatic heterocycles. The second-order valence-electron chi connectivity index (χ2n) is 8.25. The highest BCUT2D eigenvalue weighted by Crippen LogP contribution is 2.47. The molecule has 2 heterocycles. The first-order valence-electron chi connectivity index (χ1n) is 11.0. The van der Waals surface area contributed by atoms with Crippen molar-refractivity contribution in [2.24, 2.45) is 0 Å². The fraction of sp³-hybridized carbons (Fsp3) is 0.375. The molecule has 0 fully saturated rings. The van der Waals surface area contributed by atoms with Gasteiger partial charge in [-0.25, -0.2) is 0 Å². The number of benzene rings is 2. The summed E-state index contributed by atoms with van der Waals surface area (Å²) in [4.78, 5) is 12.4. The van der Waals surface area contributed by atoms with Gasteiger partial charge in [0, 0.05) is 18.1 Å². The molecule has 37 heavy (non-hydrogen) atoms. The van der Waals surface area contributed by atoms with Crippen LogP contribution in [0.25, 0.3) is 5.69 Å². The summed E-state index contributed by atoms with van der Waals surface area (Å²) in [5, 5.41) is 7.48. The molecule has 0 amide bonds. The third-order valence-electron chi connectivity index (χ3n) is 5.70. The minimum absolute atomic E-state index is 0.0342. The third-order valence-corrected chi connectivity index (χ3v) is 6.10. The normalized spacial score (nSPS) is 17.5. The van der Waals surface area contributed by atoms with E-state index in [0.29, 0.717) is 6.92 Å². The van der Waals surface area contributed by atoms with Crippen LogP contribution in [0.15, 0.2) is 36.4 Å². The lowest BCUT2D eigenvalue weighted by molar-refractivity contribution is -0.147. The molecule has 0 saturated carbocycles. The molecule has 0 spiro atoms. The van der Waals surface area contributed by atoms with E-state index >= 15 is 0 Å². The molecule has 0 bridgehead atoms. The second-order valence-corrected chi connectivity index (χ2v) is 8.63. The Bertz CT molecular complexity index is 1320. The predicted molar refractivity (Wildman–Crippen MR) is 121 cm³/mol. The monoisotopic (exact) mass is 545 g/mol. The molecule has 0 aliphatic carbocycles. The highest BCUT2D eigenvalue weighted by Gasteiger charge is 2.42. The van der Waals surface area contributed by atoms with Crippen LogP contribution in [0.2, 0.25) is 5.02 Å². The van der Waals surface area contributed by atoms with Gasteiger partial charge in [-0.15, -0.1) is 10.2 Å². The van der Waals surface area contributed by atoms with Gasteiger partial charge >= 0.3 is 18.1 Å². The Kier molecular flexibility index (Phi) is 7.17. The third kappa shape index (κ3) is 5.12. The summed E-state index contributed by atoms with van der Waals surface area (Å²) in [6.07, 6.45) is -7.88. The Morgan fingerprint density at radius 3 is 2.49 bits per heavy atom. The van der Waals surface area contributed by atoms with Crippen LogP contribution >= 0.6 is 11.6 Å². The number of fused-ring (bicyclic) bond motifs is 3. The van der Waals surface area contributed by atoms with E-state index in [0.717, 1.165) is 22.8 Å². The lowest BCUT2D eigenvalue weighted by Crippen LogP contribution is -2.19. The Balaban J connectivity index is 2.03. The van der Waals surface area contributed by atoms with Crippen LogP contribution < -0.4 is 4.74 Å². The van der Waals surface area contributed by atoms with E-state index in [4.69, 9.17) is 25.8 Å². The van der Waals surface area contributed by atoms with Crippen molar-refractivity contribution in [1.29, 1.82) is 0 Å². The van der Waals surface area contributed by atoms with Crippen LogP contribution in [0.1, 0.15) is 60.8 Å². The molecule has 13 heteroatoms. The number of rotatable bonds is 6. The molecule has 2 atom stereocenters. The molecular formula is C24H21ClF5N3O4. The number of hydrogen-bond donors (Lipinski definition) is 0. The molecule has 1 aliphatic rings. The van der Waals surface area contributed by atoms with Crippen LogP contribution in [-0.2, 0) is 26.4 Å². The van der Waals surface area contributed by atoms with Gasteiger partial charge in [-0.2, -0.15) is 22.0 Å². The maximum atomic E-state index is 14.6. The van der Waals surface area contributed by atoms with Gasteiger partial charge < -0.3 is 14.2 Å². The predicted octanol–water partition coefficient (Wildman–Crippen LogP) is 6.17. The van der Waals surface area contributed by atoms with Crippen LogP contribution in [0.3, 0.4) is 0 Å². The summed E-state index contributed by atoms with van der Waals surface area (Å²) >= 11 is 6.51. The molecule has 7 nitrogen and oxygen atoms in total. The molecule has 3 aromatic rings. The number of nitrogens with zero attached hydrogens (tertiary/aromatic N) is 3. The molecule has 0 N–H and O–H groups in total. The van der Waals surface area contributed by atoms with Crippen molar-refractivity contribution in [1.82, 2.24) is 14.8 Å². The number of carbonyl (C=O) groups excluding carboxylic acids is 1. The highest BCUT2D eigenvalue weighted by molar-refractivity contribution is 6.32. The molecule has 0 saturated heterocycles. The van der Waals surface area contributed by atoms with Crippen molar-refractivity contribution in [3.63, 3.8) is 0 Å². The first kappa shape index (κ1) is 26.8. The smallest absolute Gasteiger partial charge is 0.416 e. The quantitative estimate of drug-likeness (QED) is 0.272. The van der Waals surface area contributed by atoms with E-state index in [1.807, 2.05) is 0 Å². The van der Waals surface area contributed by atoms with E-state index in [1.54, 1.807) is 13.0 Å². The molecule has 198 valence electrons. The van der Waals surface area contributed by atoms with E-state index < -0.39 is 48.1 Å². The van der Waals surface area contributed by atoms with Gasteiger partial charge in [0.05, 0.1) is 36.4 Å². The maximum Gasteiger partial charge on any atom is 0.416 e. The number of esters is 1. The topological polar surface area (TPSA) is 75.5 Å². The van der Waals surface area contributed by atoms with E-state index in [9.17, 15) is 26.7 Å². The molecule has 2 aromatic carbocycles. The number of hydrogen-bond acceptors (Lipinski definition) is 6. The minimum atomic E-state index is -4.75. The van der Waals surface area contributed by atoms with Crippen LogP contribution in [0, 0.1) is 0 Å². The van der Waals surface area contributed by atoms with Crippen LogP contribution in [-0.4, -0.2) is 34.5 Å². The van der Waals surface area contributed by atoms with Gasteiger partial charge in [0.1, 0.15) is 18.0 Å². The first-order valence-corrected chi connectivity index (χ1v) is 11.4. The van der Waals surface area contributed by atoms with Crippen molar-refractivity contribution < 1.29 is 41.0 Å². The standard InChI is InChI=1S/C24H21ClF5N3O4/c1-4-36-18(34)11-17-21-31-32-22(23(2,26)27)33(21)15-9-8-12(24(28,29)30)10-14(15)20(37-17)13-6-5-7-16(35-3)19(13)25/h5-10,17,20H,4,11H2,1-3H3/t17-,20-/m1/s1. The Hall–Kier alpha value is -3.25. The Labute approximate surface area is 213 Å². The van der Waals surface area contributed by atoms with Crippen LogP contribution in [0.5, 0.6) is 5.75 Å². The molecule has 0 radical (unpaired) electrons. The summed E-state index contributed by atoms with van der Waals surface area (Å²) in [6, 6.07) is 7.18. The minimum Gasteiger partial charge on any atom is -0.495 e. The molecule has 4 rings (SSSR count). The number of methoxy groups -OCH3 is 1. The van der Waals surface area contributed by atoms with Crippen molar-refractivity contribution in [2.45, 2.75) is 44.6 Å². The van der Waals surface area contributed by atoms with Crippen molar-refractivity contribution in [3.05, 3.63) is 69.8 Å². The van der Waals surface area contributed by atoms with Gasteiger partial charge in [0.25, 0.3) is 0 Å². The second kappa shape index (κ2) is 9.90. The number of alkyl halides is 5. The molecule has 0 unspecified atom stereocenters. The first-order chi connectivity index (χ1) is 17.4. The fourth-order valence-corrected chi connectivity index (χ4v) is 4.41. The fourth-order valence-electron chi connectivity index (χ4n) is 4.11. The van der Waals surface area contributed by atoms with E-state index in [1.165, 1.54) is 19.2 Å². The van der Waals surface area contributed by atoms with Gasteiger partial charge in [-0.1, -0.05) is 23.7 Å². The molecule has 1 aromatic heterocycles. The van der Waals surface area contributed by atoms with E-state index in [-0.39, 0.29) is 40.0 Å². The summed E-state index contributed by atoms with van der Waals surface area (Å²) in [5.74, 6) is -5.09. The maximum absolute atomic E-state index is 14.6. The van der Waals surface area contributed by atoms with Gasteiger partial charge in [0.2, 0.25) is 5.82 Å². The average molecular weight is 546 g/mol. The lowest BCUT2D eigenvalue weighted by Gasteiger charge is -2.24. The van der Waals surface area contributed by atoms with Gasteiger partial charge in [-0.3, -0.25) is 9.36 Å². The number of aromatic nitrogens is 3. The van der Waals surface area contributed by atoms with E-state index in [2.05, 4.69) is 10.2 Å². The van der Waals surface area contributed by atoms with Crippen molar-refractivity contribution >= 4 is 17.6 Å². The summed E-state index contributed by atoms with van der Waals surface area (Å²) in [6.45, 7) is 2.20. The molecular weight excluding hydrogens is 525 g/mol. The summed E-state index contributed by atoms with van der Waals surface area (Å²) in [5.41, 5.74) is -1.07. The Morgan fingerprint density at radius 2 is 1.86 bits per heavy atom. The van der Waals surface area contributed by atoms with Crippen molar-refractivity contribution in [3.8, 4) is 11.4 Å². The number of halogens is 6. The lowest BCUT2D eigenvalue weighted by atomic mass is 9.96. The zero-order chi connectivity index (χ0) is 27.1. The van der Waals surface area contributed by atoms with Crippen LogP contribution in [0.4, 0.5) is 22.0 Å². The SMILES string of the molecule is CCOC(=O)C[C@H]1O[C@H](c2cccc(OC)c2Cl)c2cc(C(F)(F)F)ccc2-n2c1nnc2C(C)(F)F. The summed E-state index contributed by atoms with van der Waals surface area (Å²) < 4.78 is 87.7. The largest absolute Gasteiger partial charge is 0.495 e. The van der Waals surface area contributed by atoms with Gasteiger partial charge in [-0.05, 0) is 31.2 Å². The number of carbonyl (C=O) groups is 1. The summed E-state index contributed by atoms with van der Waals surface area (Å²) in [7, 11) is 1.36. The van der Waals surface area contributed by atoms with Gasteiger partial charge in [0.15, 0.2) is 5.82 Å². The number of ether oxygens (including phenoxy) is 3. The zero-order valence-electron chi connectivity index (χ0n) is 19.8. The zero-order valence-corrected chi connectivity index (χ0v) is 20.5. The average Bonchev–Trinajstić information content (AvgIpc) is 3.22.